The molecule has 0 saturated heterocycles. The number of non-ortho nitro benzene ring substituents is 1. The van der Waals surface area contributed by atoms with Crippen molar-refractivity contribution >= 4 is 29.1 Å². The van der Waals surface area contributed by atoms with E-state index in [4.69, 9.17) is 16.3 Å². The minimum Gasteiger partial charge on any atom is -0.496 e. The highest BCUT2D eigenvalue weighted by Gasteiger charge is 2.14. The van der Waals surface area contributed by atoms with Gasteiger partial charge in [-0.25, -0.2) is 0 Å². The van der Waals surface area contributed by atoms with Gasteiger partial charge in [-0.1, -0.05) is 11.6 Å². The summed E-state index contributed by atoms with van der Waals surface area (Å²) in [7, 11) is 3.20. The Morgan fingerprint density at radius 1 is 1.21 bits per heavy atom. The first-order valence-electron chi connectivity index (χ1n) is 8.41. The summed E-state index contributed by atoms with van der Waals surface area (Å²) < 4.78 is 5.27. The van der Waals surface area contributed by atoms with Crippen LogP contribution in [0.3, 0.4) is 0 Å². The van der Waals surface area contributed by atoms with Crippen LogP contribution in [-0.4, -0.2) is 42.3 Å². The molecule has 28 heavy (non-hydrogen) atoms. The maximum Gasteiger partial charge on any atom is 0.269 e. The third kappa shape index (κ3) is 5.68. The highest BCUT2D eigenvalue weighted by Crippen LogP contribution is 2.23. The van der Waals surface area contributed by atoms with Crippen molar-refractivity contribution in [3.8, 4) is 5.75 Å². The number of ether oxygens (including phenoxy) is 1. The van der Waals surface area contributed by atoms with Gasteiger partial charge in [0.2, 0.25) is 5.91 Å². The maximum atomic E-state index is 12.3. The lowest BCUT2D eigenvalue weighted by molar-refractivity contribution is -0.384. The number of amides is 2. The molecule has 0 aliphatic rings. The molecule has 0 aliphatic heterocycles. The van der Waals surface area contributed by atoms with Gasteiger partial charge in [0.15, 0.2) is 0 Å². The van der Waals surface area contributed by atoms with E-state index in [0.717, 1.165) is 5.56 Å². The quantitative estimate of drug-likeness (QED) is 0.537. The van der Waals surface area contributed by atoms with Gasteiger partial charge in [-0.3, -0.25) is 19.7 Å². The van der Waals surface area contributed by atoms with Crippen LogP contribution in [0.25, 0.3) is 0 Å². The van der Waals surface area contributed by atoms with Crippen LogP contribution in [0, 0.1) is 10.1 Å². The van der Waals surface area contributed by atoms with E-state index in [1.807, 2.05) is 0 Å². The molecule has 0 unspecified atom stereocenters. The van der Waals surface area contributed by atoms with Crippen LogP contribution in [0.2, 0.25) is 5.02 Å². The average Bonchev–Trinajstić information content (AvgIpc) is 2.68. The van der Waals surface area contributed by atoms with E-state index in [2.05, 4.69) is 5.32 Å². The van der Waals surface area contributed by atoms with E-state index in [-0.39, 0.29) is 30.1 Å². The summed E-state index contributed by atoms with van der Waals surface area (Å²) >= 11 is 6.00. The van der Waals surface area contributed by atoms with E-state index in [1.54, 1.807) is 32.4 Å². The standard InChI is InChI=1S/C19H20ClN3O5/c1-22(12-14-11-15(20)5-8-17(14)28-2)18(24)9-10-21-19(25)13-3-6-16(7-4-13)23(26)27/h3-8,11H,9-10,12H2,1-2H3,(H,21,25). The largest absolute Gasteiger partial charge is 0.496 e. The number of nitrogens with zero attached hydrogens (tertiary/aromatic N) is 2. The van der Waals surface area contributed by atoms with Crippen molar-refractivity contribution in [1.82, 2.24) is 10.2 Å². The molecule has 0 saturated carbocycles. The van der Waals surface area contributed by atoms with Crippen molar-refractivity contribution in [1.29, 1.82) is 0 Å². The van der Waals surface area contributed by atoms with E-state index >= 15 is 0 Å². The number of benzene rings is 2. The highest BCUT2D eigenvalue weighted by molar-refractivity contribution is 6.30. The van der Waals surface area contributed by atoms with Crippen molar-refractivity contribution in [2.24, 2.45) is 0 Å². The maximum absolute atomic E-state index is 12.3. The first-order valence-corrected chi connectivity index (χ1v) is 8.78. The van der Waals surface area contributed by atoms with Gasteiger partial charge < -0.3 is 15.0 Å². The minimum absolute atomic E-state index is 0.0928. The number of methoxy groups -OCH3 is 1. The third-order valence-corrected chi connectivity index (χ3v) is 4.28. The fourth-order valence-electron chi connectivity index (χ4n) is 2.52. The molecule has 0 bridgehead atoms. The Kier molecular flexibility index (Phi) is 7.34. The van der Waals surface area contributed by atoms with Crippen LogP contribution in [0.5, 0.6) is 5.75 Å². The summed E-state index contributed by atoms with van der Waals surface area (Å²) in [6.45, 7) is 0.463. The predicted molar refractivity (Wildman–Crippen MR) is 105 cm³/mol. The van der Waals surface area contributed by atoms with Crippen LogP contribution in [0.1, 0.15) is 22.3 Å². The van der Waals surface area contributed by atoms with Gasteiger partial charge in [0.25, 0.3) is 11.6 Å². The molecule has 0 aliphatic carbocycles. The van der Waals surface area contributed by atoms with Gasteiger partial charge >= 0.3 is 0 Å². The fraction of sp³-hybridized carbons (Fsp3) is 0.263. The Morgan fingerprint density at radius 2 is 1.89 bits per heavy atom. The molecule has 0 heterocycles. The molecule has 2 amide bonds. The number of nitrogens with one attached hydrogen (secondary N) is 1. The van der Waals surface area contributed by atoms with E-state index in [1.165, 1.54) is 29.2 Å². The molecular formula is C19H20ClN3O5. The third-order valence-electron chi connectivity index (χ3n) is 4.04. The molecule has 1 N–H and O–H groups in total. The zero-order chi connectivity index (χ0) is 20.7. The Bertz CT molecular complexity index is 870. The molecule has 2 aromatic rings. The summed E-state index contributed by atoms with van der Waals surface area (Å²) in [6.07, 6.45) is 0.109. The van der Waals surface area contributed by atoms with Crippen molar-refractivity contribution in [2.75, 3.05) is 20.7 Å². The molecule has 2 rings (SSSR count). The van der Waals surface area contributed by atoms with Crippen molar-refractivity contribution in [3.05, 3.63) is 68.7 Å². The van der Waals surface area contributed by atoms with Gasteiger partial charge in [0.1, 0.15) is 5.75 Å². The Morgan fingerprint density at radius 3 is 2.50 bits per heavy atom. The molecule has 0 spiro atoms. The second-order valence-corrected chi connectivity index (χ2v) is 6.45. The van der Waals surface area contributed by atoms with E-state index in [0.29, 0.717) is 17.3 Å². The number of nitro benzene ring substituents is 1. The summed E-state index contributed by atoms with van der Waals surface area (Å²) in [4.78, 5) is 36.0. The number of nitro groups is 1. The number of carbonyl (C=O) groups is 2. The highest BCUT2D eigenvalue weighted by atomic mass is 35.5. The average molecular weight is 406 g/mol. The fourth-order valence-corrected chi connectivity index (χ4v) is 2.72. The number of carbonyl (C=O) groups excluding carboxylic acids is 2. The van der Waals surface area contributed by atoms with Crippen molar-refractivity contribution < 1.29 is 19.2 Å². The smallest absolute Gasteiger partial charge is 0.269 e. The van der Waals surface area contributed by atoms with Gasteiger partial charge in [0.05, 0.1) is 12.0 Å². The molecule has 148 valence electrons. The Labute approximate surface area is 167 Å². The molecule has 0 radical (unpaired) electrons. The molecule has 0 atom stereocenters. The van der Waals surface area contributed by atoms with Gasteiger partial charge in [-0.15, -0.1) is 0 Å². The summed E-state index contributed by atoms with van der Waals surface area (Å²) in [5.41, 5.74) is 0.973. The monoisotopic (exact) mass is 405 g/mol. The molecular weight excluding hydrogens is 386 g/mol. The second-order valence-electron chi connectivity index (χ2n) is 6.02. The lowest BCUT2D eigenvalue weighted by Gasteiger charge is -2.19. The van der Waals surface area contributed by atoms with Crippen molar-refractivity contribution in [2.45, 2.75) is 13.0 Å². The van der Waals surface area contributed by atoms with Gasteiger partial charge in [0, 0.05) is 54.8 Å². The predicted octanol–water partition coefficient (Wildman–Crippen LogP) is 3.04. The molecule has 9 heteroatoms. The normalized spacial score (nSPS) is 10.2. The zero-order valence-electron chi connectivity index (χ0n) is 15.5. The number of rotatable bonds is 8. The molecule has 8 nitrogen and oxygen atoms in total. The van der Waals surface area contributed by atoms with Crippen LogP contribution in [0.4, 0.5) is 5.69 Å². The lowest BCUT2D eigenvalue weighted by atomic mass is 10.2. The number of hydrogen-bond acceptors (Lipinski definition) is 5. The van der Waals surface area contributed by atoms with E-state index in [9.17, 15) is 19.7 Å². The number of hydrogen-bond donors (Lipinski definition) is 1. The second kappa shape index (κ2) is 9.70. The Balaban J connectivity index is 1.85. The summed E-state index contributed by atoms with van der Waals surface area (Å²) in [5.74, 6) is 0.0726. The SMILES string of the molecule is COc1ccc(Cl)cc1CN(C)C(=O)CCNC(=O)c1ccc([N+](=O)[O-])cc1. The van der Waals surface area contributed by atoms with Gasteiger partial charge in [-0.2, -0.15) is 0 Å². The number of halogens is 1. The van der Waals surface area contributed by atoms with Crippen LogP contribution < -0.4 is 10.1 Å². The molecule has 2 aromatic carbocycles. The van der Waals surface area contributed by atoms with E-state index < -0.39 is 10.8 Å². The van der Waals surface area contributed by atoms with Crippen LogP contribution in [0.15, 0.2) is 42.5 Å². The first-order chi connectivity index (χ1) is 13.3. The summed E-state index contributed by atoms with van der Waals surface area (Å²) in [6, 6.07) is 10.4. The molecule has 0 aromatic heterocycles. The first kappa shape index (κ1) is 21.2. The topological polar surface area (TPSA) is 102 Å². The van der Waals surface area contributed by atoms with Crippen molar-refractivity contribution in [3.63, 3.8) is 0 Å². The zero-order valence-corrected chi connectivity index (χ0v) is 16.2. The van der Waals surface area contributed by atoms with Gasteiger partial charge in [-0.05, 0) is 30.3 Å². The lowest BCUT2D eigenvalue weighted by Crippen LogP contribution is -2.32. The van der Waals surface area contributed by atoms with Crippen LogP contribution >= 0.6 is 11.6 Å². The van der Waals surface area contributed by atoms with Crippen LogP contribution in [-0.2, 0) is 11.3 Å². The Hall–Kier alpha value is -3.13. The minimum atomic E-state index is -0.537. The molecule has 0 fully saturated rings. The summed E-state index contributed by atoms with van der Waals surface area (Å²) in [5, 5.41) is 13.8.